The van der Waals surface area contributed by atoms with Crippen molar-refractivity contribution in [1.29, 1.82) is 0 Å². The smallest absolute Gasteiger partial charge is 0.457 e. The van der Waals surface area contributed by atoms with Crippen LogP contribution in [0.25, 0.3) is 0 Å². The number of allylic oxidation sites excluding steroid dienone is 4. The number of phosphoric acid groups is 1. The molecule has 0 aromatic rings. The summed E-state index contributed by atoms with van der Waals surface area (Å²) in [7, 11) is -4.50. The van der Waals surface area contributed by atoms with Crippen LogP contribution in [0.3, 0.4) is 0 Å². The third kappa shape index (κ3) is 32.9. The summed E-state index contributed by atoms with van der Waals surface area (Å²) in [5.41, 5.74) is 0. The quantitative estimate of drug-likeness (QED) is 0.0260. The number of ether oxygens (including phenoxy) is 2. The Hall–Kier alpha value is -1.06. The van der Waals surface area contributed by atoms with Gasteiger partial charge in [-0.3, -0.25) is 13.8 Å². The van der Waals surface area contributed by atoms with E-state index in [4.69, 9.17) is 23.6 Å². The molecule has 3 N–H and O–H groups in total. The predicted octanol–water partition coefficient (Wildman–Crippen LogP) is 9.14. The molecular weight excluding hydrogens is 607 g/mol. The molecule has 0 aliphatic rings. The lowest BCUT2D eigenvalue weighted by molar-refractivity contribution is -0.154. The van der Waals surface area contributed by atoms with Gasteiger partial charge in [-0.25, -0.2) is 4.57 Å². The number of aliphatic hydroxyl groups excluding tert-OH is 2. The van der Waals surface area contributed by atoms with E-state index >= 15 is 0 Å². The number of aliphatic hydroxyl groups is 2. The standard InChI is InChI=1S/C36H69O9P/c1-3-5-7-9-11-13-14-15-16-17-18-19-20-21-22-24-26-28-36(39)45-35(33-44-46(40,41)43-31-34(38)30-37)32-42-29-27-25-23-12-10-8-6-4-2/h11,13,15-16,34-35,37-38H,3-10,12,14,17-33H2,1-2H3,(H,40,41)/b13-11-,16-15-. The topological polar surface area (TPSA) is 132 Å². The number of carbonyl (C=O) groups excluding carboxylic acids is 1. The highest BCUT2D eigenvalue weighted by molar-refractivity contribution is 7.47. The first-order valence-corrected chi connectivity index (χ1v) is 19.8. The second-order valence-electron chi connectivity index (χ2n) is 12.2. The molecule has 46 heavy (non-hydrogen) atoms. The summed E-state index contributed by atoms with van der Waals surface area (Å²) < 4.78 is 33.1. The van der Waals surface area contributed by atoms with Gasteiger partial charge < -0.3 is 24.6 Å². The maximum absolute atomic E-state index is 12.5. The van der Waals surface area contributed by atoms with Crippen molar-refractivity contribution < 1.29 is 43.0 Å². The van der Waals surface area contributed by atoms with E-state index in [0.29, 0.717) is 6.61 Å². The molecule has 9 nitrogen and oxygen atoms in total. The Labute approximate surface area is 281 Å². The Morgan fingerprint density at radius 2 is 1.17 bits per heavy atom. The van der Waals surface area contributed by atoms with Crippen LogP contribution in [0.2, 0.25) is 0 Å². The van der Waals surface area contributed by atoms with Crippen LogP contribution in [0.5, 0.6) is 0 Å². The zero-order chi connectivity index (χ0) is 34.0. The number of rotatable bonds is 35. The van der Waals surface area contributed by atoms with Gasteiger partial charge in [0.15, 0.2) is 0 Å². The lowest BCUT2D eigenvalue weighted by Crippen LogP contribution is -2.29. The Morgan fingerprint density at radius 3 is 1.78 bits per heavy atom. The maximum Gasteiger partial charge on any atom is 0.472 e. The van der Waals surface area contributed by atoms with E-state index in [0.717, 1.165) is 57.8 Å². The number of esters is 1. The number of phosphoric ester groups is 1. The first kappa shape index (κ1) is 44.9. The Balaban J connectivity index is 4.20. The van der Waals surface area contributed by atoms with E-state index in [1.807, 2.05) is 0 Å². The van der Waals surface area contributed by atoms with Gasteiger partial charge in [0.25, 0.3) is 0 Å². The lowest BCUT2D eigenvalue weighted by Gasteiger charge is -2.20. The van der Waals surface area contributed by atoms with Crippen LogP contribution in [0.1, 0.15) is 155 Å². The second-order valence-corrected chi connectivity index (χ2v) is 13.7. The van der Waals surface area contributed by atoms with Crippen molar-refractivity contribution in [2.75, 3.05) is 33.0 Å². The molecule has 0 saturated heterocycles. The minimum absolute atomic E-state index is 0.0481. The number of carbonyl (C=O) groups is 1. The highest BCUT2D eigenvalue weighted by Crippen LogP contribution is 2.43. The normalized spacial score (nSPS) is 14.6. The largest absolute Gasteiger partial charge is 0.472 e. The van der Waals surface area contributed by atoms with Crippen molar-refractivity contribution in [2.45, 2.75) is 167 Å². The number of unbranched alkanes of at least 4 members (excludes halogenated alkanes) is 17. The number of hydrogen-bond acceptors (Lipinski definition) is 8. The second kappa shape index (κ2) is 33.8. The Bertz CT molecular complexity index is 775. The first-order valence-electron chi connectivity index (χ1n) is 18.3. The van der Waals surface area contributed by atoms with Crippen LogP contribution >= 0.6 is 7.82 Å². The molecule has 3 atom stereocenters. The van der Waals surface area contributed by atoms with Crippen molar-refractivity contribution in [3.05, 3.63) is 24.3 Å². The minimum atomic E-state index is -4.50. The first-order chi connectivity index (χ1) is 22.3. The molecule has 0 aliphatic heterocycles. The van der Waals surface area contributed by atoms with Gasteiger partial charge in [0.2, 0.25) is 0 Å². The van der Waals surface area contributed by atoms with Crippen molar-refractivity contribution in [3.63, 3.8) is 0 Å². The summed E-state index contributed by atoms with van der Waals surface area (Å²) in [5, 5.41) is 18.2. The average Bonchev–Trinajstić information content (AvgIpc) is 3.04. The van der Waals surface area contributed by atoms with Crippen molar-refractivity contribution >= 4 is 13.8 Å². The van der Waals surface area contributed by atoms with Crippen molar-refractivity contribution in [2.24, 2.45) is 0 Å². The molecule has 0 amide bonds. The highest BCUT2D eigenvalue weighted by atomic mass is 31.2. The van der Waals surface area contributed by atoms with E-state index < -0.39 is 39.2 Å². The maximum atomic E-state index is 12.5. The molecule has 10 heteroatoms. The van der Waals surface area contributed by atoms with Gasteiger partial charge in [0.1, 0.15) is 12.2 Å². The summed E-state index contributed by atoms with van der Waals surface area (Å²) in [6.07, 6.45) is 31.4. The molecule has 0 aromatic heterocycles. The summed E-state index contributed by atoms with van der Waals surface area (Å²) in [6.45, 7) is 3.45. The summed E-state index contributed by atoms with van der Waals surface area (Å²) >= 11 is 0. The van der Waals surface area contributed by atoms with Crippen LogP contribution < -0.4 is 0 Å². The Morgan fingerprint density at radius 1 is 0.674 bits per heavy atom. The van der Waals surface area contributed by atoms with Crippen LogP contribution in [0.15, 0.2) is 24.3 Å². The average molecular weight is 677 g/mol. The number of hydrogen-bond donors (Lipinski definition) is 3. The van der Waals surface area contributed by atoms with E-state index in [1.165, 1.54) is 77.0 Å². The zero-order valence-electron chi connectivity index (χ0n) is 29.3. The predicted molar refractivity (Wildman–Crippen MR) is 187 cm³/mol. The molecule has 272 valence electrons. The van der Waals surface area contributed by atoms with Gasteiger partial charge in [0, 0.05) is 13.0 Å². The molecule has 3 unspecified atom stereocenters. The molecule has 0 bridgehead atoms. The van der Waals surface area contributed by atoms with Crippen molar-refractivity contribution in [3.8, 4) is 0 Å². The van der Waals surface area contributed by atoms with Gasteiger partial charge in [0.05, 0.1) is 26.4 Å². The molecule has 0 heterocycles. The SMILES string of the molecule is CCCCC/C=C\C/C=C\CCCCCCCCCC(=O)OC(COCCCCCCCCCC)COP(=O)(O)OCC(O)CO. The van der Waals surface area contributed by atoms with Crippen LogP contribution in [-0.4, -0.2) is 66.3 Å². The monoisotopic (exact) mass is 676 g/mol. The summed E-state index contributed by atoms with van der Waals surface area (Å²) in [4.78, 5) is 22.4. The summed E-state index contributed by atoms with van der Waals surface area (Å²) in [5.74, 6) is -0.392. The third-order valence-electron chi connectivity index (χ3n) is 7.64. The van der Waals surface area contributed by atoms with Crippen LogP contribution in [0.4, 0.5) is 0 Å². The third-order valence-corrected chi connectivity index (χ3v) is 8.59. The Kier molecular flexibility index (Phi) is 33.0. The van der Waals surface area contributed by atoms with E-state index in [9.17, 15) is 19.4 Å². The fraction of sp³-hybridized carbons (Fsp3) is 0.861. The van der Waals surface area contributed by atoms with Crippen LogP contribution in [0, 0.1) is 0 Å². The molecular formula is C36H69O9P. The molecule has 0 aromatic carbocycles. The van der Waals surface area contributed by atoms with E-state index in [1.54, 1.807) is 0 Å². The minimum Gasteiger partial charge on any atom is -0.457 e. The fourth-order valence-corrected chi connectivity index (χ4v) is 5.59. The van der Waals surface area contributed by atoms with Gasteiger partial charge in [-0.05, 0) is 44.9 Å². The van der Waals surface area contributed by atoms with E-state index in [2.05, 4.69) is 38.2 Å². The van der Waals surface area contributed by atoms with Crippen molar-refractivity contribution in [1.82, 2.24) is 0 Å². The van der Waals surface area contributed by atoms with Gasteiger partial charge in [-0.2, -0.15) is 0 Å². The van der Waals surface area contributed by atoms with E-state index in [-0.39, 0.29) is 19.6 Å². The molecule has 0 radical (unpaired) electrons. The highest BCUT2D eigenvalue weighted by Gasteiger charge is 2.26. The van der Waals surface area contributed by atoms with Gasteiger partial charge in [-0.1, -0.05) is 128 Å². The molecule has 0 aliphatic carbocycles. The lowest BCUT2D eigenvalue weighted by atomic mass is 10.1. The van der Waals surface area contributed by atoms with Gasteiger partial charge in [-0.15, -0.1) is 0 Å². The zero-order valence-corrected chi connectivity index (χ0v) is 30.2. The van der Waals surface area contributed by atoms with Gasteiger partial charge >= 0.3 is 13.8 Å². The fourth-order valence-electron chi connectivity index (χ4n) is 4.80. The molecule has 0 rings (SSSR count). The molecule has 0 fully saturated rings. The van der Waals surface area contributed by atoms with Crippen LogP contribution in [-0.2, 0) is 27.9 Å². The molecule has 0 saturated carbocycles. The summed E-state index contributed by atoms with van der Waals surface area (Å²) in [6, 6.07) is 0. The molecule has 0 spiro atoms.